The monoisotopic (exact) mass is 314 g/mol. The average Bonchev–Trinajstić information content (AvgIpc) is 2.34. The van der Waals surface area contributed by atoms with Crippen LogP contribution in [-0.2, 0) is 9.47 Å². The van der Waals surface area contributed by atoms with Gasteiger partial charge in [0, 0.05) is 27.7 Å². The molecule has 0 heterocycles. The summed E-state index contributed by atoms with van der Waals surface area (Å²) in [5.41, 5.74) is 0.229. The summed E-state index contributed by atoms with van der Waals surface area (Å²) in [6.45, 7) is 14.0. The summed E-state index contributed by atoms with van der Waals surface area (Å²) < 4.78 is 11.4. The molecule has 0 saturated heterocycles. The molecule has 1 aliphatic carbocycles. The molecule has 1 aliphatic rings. The van der Waals surface area contributed by atoms with Gasteiger partial charge in [-0.25, -0.2) is 0 Å². The lowest BCUT2D eigenvalue weighted by Gasteiger charge is -2.46. The average molecular weight is 315 g/mol. The SMILES string of the molecule is COCC(CC[Si](C)(C)C)(COC)C1CC(C)CC(C)C1. The van der Waals surface area contributed by atoms with E-state index in [0.717, 1.165) is 31.0 Å². The predicted octanol–water partition coefficient (Wildman–Crippen LogP) is 5.07. The van der Waals surface area contributed by atoms with Gasteiger partial charge >= 0.3 is 0 Å². The van der Waals surface area contributed by atoms with Gasteiger partial charge in [-0.05, 0) is 43.4 Å². The number of hydrogen-bond acceptors (Lipinski definition) is 2. The zero-order valence-corrected chi connectivity index (χ0v) is 16.5. The minimum absolute atomic E-state index is 0.229. The minimum Gasteiger partial charge on any atom is -0.384 e. The second-order valence-corrected chi connectivity index (χ2v) is 14.5. The van der Waals surface area contributed by atoms with Crippen LogP contribution in [0.4, 0.5) is 0 Å². The maximum absolute atomic E-state index is 5.68. The molecule has 0 aromatic rings. The van der Waals surface area contributed by atoms with Gasteiger partial charge in [-0.15, -0.1) is 0 Å². The molecule has 2 unspecified atom stereocenters. The van der Waals surface area contributed by atoms with Crippen LogP contribution >= 0.6 is 0 Å². The lowest BCUT2D eigenvalue weighted by atomic mass is 9.63. The van der Waals surface area contributed by atoms with Crippen molar-refractivity contribution in [3.8, 4) is 0 Å². The summed E-state index contributed by atoms with van der Waals surface area (Å²) in [6, 6.07) is 1.37. The standard InChI is InChI=1S/C18H38O2Si/c1-15-10-16(2)12-17(11-15)18(13-19-3,14-20-4)8-9-21(5,6)7/h15-17H,8-14H2,1-7H3. The van der Waals surface area contributed by atoms with Crippen molar-refractivity contribution in [2.45, 2.75) is 65.2 Å². The third kappa shape index (κ3) is 6.03. The Hall–Kier alpha value is 0.137. The van der Waals surface area contributed by atoms with Crippen molar-refractivity contribution in [3.05, 3.63) is 0 Å². The molecule has 1 rings (SSSR count). The molecule has 0 radical (unpaired) electrons. The Morgan fingerprint density at radius 1 is 0.905 bits per heavy atom. The molecular weight excluding hydrogens is 276 g/mol. The third-order valence-corrected chi connectivity index (χ3v) is 7.03. The van der Waals surface area contributed by atoms with E-state index in [-0.39, 0.29) is 5.41 Å². The van der Waals surface area contributed by atoms with Crippen LogP contribution in [0.15, 0.2) is 0 Å². The van der Waals surface area contributed by atoms with E-state index in [1.54, 1.807) is 0 Å². The van der Waals surface area contributed by atoms with E-state index in [1.807, 2.05) is 14.2 Å². The predicted molar refractivity (Wildman–Crippen MR) is 94.6 cm³/mol. The van der Waals surface area contributed by atoms with Gasteiger partial charge in [0.25, 0.3) is 0 Å². The van der Waals surface area contributed by atoms with Gasteiger partial charge in [0.15, 0.2) is 0 Å². The van der Waals surface area contributed by atoms with Crippen LogP contribution < -0.4 is 0 Å². The van der Waals surface area contributed by atoms with Crippen LogP contribution in [0.3, 0.4) is 0 Å². The summed E-state index contributed by atoms with van der Waals surface area (Å²) in [4.78, 5) is 0. The van der Waals surface area contributed by atoms with Gasteiger partial charge < -0.3 is 9.47 Å². The highest BCUT2D eigenvalue weighted by Crippen LogP contribution is 2.46. The first-order valence-corrected chi connectivity index (χ1v) is 12.4. The Morgan fingerprint density at radius 3 is 1.76 bits per heavy atom. The highest BCUT2D eigenvalue weighted by Gasteiger charge is 2.42. The molecule has 2 atom stereocenters. The van der Waals surface area contributed by atoms with Gasteiger partial charge in [0.1, 0.15) is 0 Å². The first-order chi connectivity index (χ1) is 9.72. The molecule has 0 bridgehead atoms. The number of ether oxygens (including phenoxy) is 2. The van der Waals surface area contributed by atoms with Gasteiger partial charge in [0.05, 0.1) is 13.2 Å². The molecule has 1 fully saturated rings. The molecule has 126 valence electrons. The molecule has 21 heavy (non-hydrogen) atoms. The Balaban J connectivity index is 2.91. The van der Waals surface area contributed by atoms with Crippen LogP contribution in [0.25, 0.3) is 0 Å². The summed E-state index contributed by atoms with van der Waals surface area (Å²) in [5.74, 6) is 2.45. The quantitative estimate of drug-likeness (QED) is 0.583. The molecule has 0 aromatic carbocycles. The smallest absolute Gasteiger partial charge is 0.0543 e. The fourth-order valence-electron chi connectivity index (χ4n) is 4.27. The van der Waals surface area contributed by atoms with Gasteiger partial charge in [-0.2, -0.15) is 0 Å². The van der Waals surface area contributed by atoms with E-state index < -0.39 is 8.07 Å². The summed E-state index contributed by atoms with van der Waals surface area (Å²) in [6.07, 6.45) is 5.36. The molecular formula is C18H38O2Si. The first-order valence-electron chi connectivity index (χ1n) is 8.70. The number of methoxy groups -OCH3 is 2. The zero-order chi connectivity index (χ0) is 16.1. The molecule has 3 heteroatoms. The van der Waals surface area contributed by atoms with Crippen molar-refractivity contribution < 1.29 is 9.47 Å². The minimum atomic E-state index is -1.03. The molecule has 0 aromatic heterocycles. The van der Waals surface area contributed by atoms with Gasteiger partial charge in [-0.1, -0.05) is 39.5 Å². The Kier molecular flexibility index (Phi) is 7.42. The zero-order valence-electron chi connectivity index (χ0n) is 15.5. The second kappa shape index (κ2) is 8.12. The van der Waals surface area contributed by atoms with E-state index >= 15 is 0 Å². The van der Waals surface area contributed by atoms with Crippen LogP contribution in [0, 0.1) is 23.2 Å². The molecule has 1 saturated carbocycles. The van der Waals surface area contributed by atoms with Gasteiger partial charge in [-0.3, -0.25) is 0 Å². The lowest BCUT2D eigenvalue weighted by Crippen LogP contribution is -2.44. The van der Waals surface area contributed by atoms with E-state index in [0.29, 0.717) is 0 Å². The first kappa shape index (κ1) is 19.2. The van der Waals surface area contributed by atoms with Crippen molar-refractivity contribution in [2.75, 3.05) is 27.4 Å². The Bertz CT molecular complexity index is 282. The Labute approximate surface area is 134 Å². The Morgan fingerprint density at radius 2 is 1.38 bits per heavy atom. The van der Waals surface area contributed by atoms with Crippen molar-refractivity contribution in [1.29, 1.82) is 0 Å². The third-order valence-electron chi connectivity index (χ3n) is 5.28. The van der Waals surface area contributed by atoms with E-state index in [4.69, 9.17) is 9.47 Å². The normalized spacial score (nSPS) is 27.9. The molecule has 0 N–H and O–H groups in total. The van der Waals surface area contributed by atoms with E-state index in [1.165, 1.54) is 31.7 Å². The fourth-order valence-corrected chi connectivity index (χ4v) is 5.52. The fraction of sp³-hybridized carbons (Fsp3) is 1.00. The van der Waals surface area contributed by atoms with Crippen molar-refractivity contribution in [1.82, 2.24) is 0 Å². The summed E-state index contributed by atoms with van der Waals surface area (Å²) >= 11 is 0. The van der Waals surface area contributed by atoms with Crippen LogP contribution in [-0.4, -0.2) is 35.5 Å². The number of rotatable bonds is 8. The molecule has 2 nitrogen and oxygen atoms in total. The van der Waals surface area contributed by atoms with Crippen LogP contribution in [0.1, 0.15) is 39.5 Å². The summed E-state index contributed by atoms with van der Waals surface area (Å²) in [5, 5.41) is 0. The maximum Gasteiger partial charge on any atom is 0.0543 e. The topological polar surface area (TPSA) is 18.5 Å². The van der Waals surface area contributed by atoms with Crippen molar-refractivity contribution in [3.63, 3.8) is 0 Å². The second-order valence-electron chi connectivity index (χ2n) is 8.90. The van der Waals surface area contributed by atoms with E-state index in [9.17, 15) is 0 Å². The van der Waals surface area contributed by atoms with Crippen molar-refractivity contribution in [2.24, 2.45) is 23.2 Å². The molecule has 0 spiro atoms. The maximum atomic E-state index is 5.68. The lowest BCUT2D eigenvalue weighted by molar-refractivity contribution is -0.0551. The van der Waals surface area contributed by atoms with Crippen LogP contribution in [0.2, 0.25) is 25.7 Å². The van der Waals surface area contributed by atoms with Gasteiger partial charge in [0.2, 0.25) is 0 Å². The highest BCUT2D eigenvalue weighted by atomic mass is 28.3. The van der Waals surface area contributed by atoms with Crippen LogP contribution in [0.5, 0.6) is 0 Å². The molecule has 0 aliphatic heterocycles. The van der Waals surface area contributed by atoms with Crippen molar-refractivity contribution >= 4 is 8.07 Å². The van der Waals surface area contributed by atoms with E-state index in [2.05, 4.69) is 33.5 Å². The summed E-state index contributed by atoms with van der Waals surface area (Å²) in [7, 11) is 2.68. The molecule has 0 amide bonds. The highest BCUT2D eigenvalue weighted by molar-refractivity contribution is 6.76. The largest absolute Gasteiger partial charge is 0.384 e. The number of hydrogen-bond donors (Lipinski definition) is 0.